The van der Waals surface area contributed by atoms with Crippen LogP contribution in [0.4, 0.5) is 0 Å². The molecule has 68 heavy (non-hydrogen) atoms. The Morgan fingerprint density at radius 3 is 1.00 bits per heavy atom. The van der Waals surface area contributed by atoms with Gasteiger partial charge in [-0.1, -0.05) is 206 Å². The molecule has 4 heterocycles. The Labute approximate surface area is 401 Å². The Balaban J connectivity index is 1.01. The molecule has 13 rings (SSSR count). The van der Waals surface area contributed by atoms with Gasteiger partial charge in [-0.25, -0.2) is 19.9 Å². The summed E-state index contributed by atoms with van der Waals surface area (Å²) in [5, 5.41) is 4.44. The third kappa shape index (κ3) is 6.97. The lowest BCUT2D eigenvalue weighted by Crippen LogP contribution is -1.97. The SMILES string of the molecule is c1ccc(-c2cccc(-c3nc(-c4ccccc4-c4ccccc4-c4ccccc4-c4nc(-c5cccc(-c6ccccc6)c5)nc5sc6ccccc6c45)c4c(n3)sc3ccccc34)c2)cc1. The average molecular weight is 903 g/mol. The van der Waals surface area contributed by atoms with Crippen LogP contribution in [0.1, 0.15) is 0 Å². The van der Waals surface area contributed by atoms with Crippen LogP contribution in [-0.2, 0) is 0 Å². The van der Waals surface area contributed by atoms with Crippen molar-refractivity contribution in [3.8, 4) is 89.8 Å². The molecular formula is C62H38N4S2. The van der Waals surface area contributed by atoms with Crippen molar-refractivity contribution in [2.45, 2.75) is 0 Å². The molecule has 0 saturated heterocycles. The maximum atomic E-state index is 5.55. The van der Waals surface area contributed by atoms with E-state index >= 15 is 0 Å². The zero-order valence-corrected chi connectivity index (χ0v) is 38.2. The second-order valence-corrected chi connectivity index (χ2v) is 18.9. The van der Waals surface area contributed by atoms with Crippen LogP contribution in [0.5, 0.6) is 0 Å². The number of hydrogen-bond donors (Lipinski definition) is 0. The van der Waals surface area contributed by atoms with Crippen LogP contribution >= 0.6 is 22.7 Å². The molecule has 0 atom stereocenters. The van der Waals surface area contributed by atoms with Crippen LogP contribution in [0.2, 0.25) is 0 Å². The summed E-state index contributed by atoms with van der Waals surface area (Å²) in [6.07, 6.45) is 0. The van der Waals surface area contributed by atoms with Gasteiger partial charge in [0.1, 0.15) is 9.66 Å². The molecule has 0 aliphatic heterocycles. The van der Waals surface area contributed by atoms with Gasteiger partial charge in [-0.2, -0.15) is 0 Å². The molecule has 0 bridgehead atoms. The molecular weight excluding hydrogens is 865 g/mol. The van der Waals surface area contributed by atoms with E-state index in [9.17, 15) is 0 Å². The zero-order valence-electron chi connectivity index (χ0n) is 36.5. The van der Waals surface area contributed by atoms with Gasteiger partial charge in [0, 0.05) is 53.2 Å². The Hall–Kier alpha value is -8.42. The molecule has 4 nitrogen and oxygen atoms in total. The summed E-state index contributed by atoms with van der Waals surface area (Å²) >= 11 is 3.44. The fraction of sp³-hybridized carbons (Fsp3) is 0. The molecule has 0 N–H and O–H groups in total. The van der Waals surface area contributed by atoms with Crippen molar-refractivity contribution >= 4 is 63.3 Å². The average Bonchev–Trinajstić information content (AvgIpc) is 4.00. The number of thiophene rings is 2. The first kappa shape index (κ1) is 39.9. The number of hydrogen-bond acceptors (Lipinski definition) is 6. The minimum atomic E-state index is 0.700. The summed E-state index contributed by atoms with van der Waals surface area (Å²) in [5.74, 6) is 1.40. The summed E-state index contributed by atoms with van der Waals surface area (Å²) in [6.45, 7) is 0. The zero-order chi connectivity index (χ0) is 45.0. The van der Waals surface area contributed by atoms with E-state index in [0.29, 0.717) is 11.6 Å². The molecule has 0 fully saturated rings. The minimum Gasteiger partial charge on any atom is -0.227 e. The van der Waals surface area contributed by atoms with Crippen molar-refractivity contribution in [1.29, 1.82) is 0 Å². The summed E-state index contributed by atoms with van der Waals surface area (Å²) < 4.78 is 2.37. The van der Waals surface area contributed by atoms with Gasteiger partial charge in [0.05, 0.1) is 11.4 Å². The van der Waals surface area contributed by atoms with Crippen LogP contribution < -0.4 is 0 Å². The molecule has 4 aromatic heterocycles. The summed E-state index contributed by atoms with van der Waals surface area (Å²) in [7, 11) is 0. The first-order valence-electron chi connectivity index (χ1n) is 22.7. The molecule has 9 aromatic carbocycles. The van der Waals surface area contributed by atoms with E-state index in [2.05, 4.69) is 231 Å². The summed E-state index contributed by atoms with van der Waals surface area (Å²) in [4.78, 5) is 23.6. The first-order valence-corrected chi connectivity index (χ1v) is 24.3. The van der Waals surface area contributed by atoms with Crippen molar-refractivity contribution in [2.75, 3.05) is 0 Å². The third-order valence-electron chi connectivity index (χ3n) is 12.8. The molecule has 0 radical (unpaired) electrons. The molecule has 13 aromatic rings. The van der Waals surface area contributed by atoms with Crippen molar-refractivity contribution in [3.63, 3.8) is 0 Å². The molecule has 0 unspecified atom stereocenters. The van der Waals surface area contributed by atoms with E-state index < -0.39 is 0 Å². The monoisotopic (exact) mass is 902 g/mol. The maximum Gasteiger partial charge on any atom is 0.161 e. The van der Waals surface area contributed by atoms with Crippen LogP contribution in [0, 0.1) is 0 Å². The maximum absolute atomic E-state index is 5.55. The lowest BCUT2D eigenvalue weighted by molar-refractivity contribution is 1.24. The summed E-state index contributed by atoms with van der Waals surface area (Å²) in [5.41, 5.74) is 14.8. The molecule has 0 amide bonds. The molecule has 0 aliphatic rings. The van der Waals surface area contributed by atoms with E-state index in [1.807, 2.05) is 0 Å². The van der Waals surface area contributed by atoms with Gasteiger partial charge < -0.3 is 0 Å². The molecule has 6 heteroatoms. The number of aromatic nitrogens is 4. The Kier molecular flexibility index (Phi) is 9.85. The Morgan fingerprint density at radius 1 is 0.250 bits per heavy atom. The van der Waals surface area contributed by atoms with Crippen molar-refractivity contribution in [2.24, 2.45) is 0 Å². The molecule has 318 valence electrons. The Bertz CT molecular complexity index is 3780. The lowest BCUT2D eigenvalue weighted by atomic mass is 9.87. The molecule has 0 spiro atoms. The predicted octanol–water partition coefficient (Wildman–Crippen LogP) is 17.3. The minimum absolute atomic E-state index is 0.700. The molecule has 0 saturated carbocycles. The predicted molar refractivity (Wildman–Crippen MR) is 287 cm³/mol. The largest absolute Gasteiger partial charge is 0.227 e. The quantitative estimate of drug-likeness (QED) is 0.152. The van der Waals surface area contributed by atoms with Gasteiger partial charge in [0.2, 0.25) is 0 Å². The third-order valence-corrected chi connectivity index (χ3v) is 14.9. The highest BCUT2D eigenvalue weighted by atomic mass is 32.1. The normalized spacial score (nSPS) is 11.5. The smallest absolute Gasteiger partial charge is 0.161 e. The van der Waals surface area contributed by atoms with Gasteiger partial charge in [-0.15, -0.1) is 22.7 Å². The van der Waals surface area contributed by atoms with Crippen molar-refractivity contribution in [3.05, 3.63) is 231 Å². The van der Waals surface area contributed by atoms with Crippen molar-refractivity contribution in [1.82, 2.24) is 19.9 Å². The highest BCUT2D eigenvalue weighted by Crippen LogP contribution is 2.47. The van der Waals surface area contributed by atoms with E-state index in [0.717, 1.165) is 109 Å². The van der Waals surface area contributed by atoms with Crippen LogP contribution in [0.15, 0.2) is 231 Å². The second kappa shape index (κ2) is 16.8. The van der Waals surface area contributed by atoms with E-state index in [4.69, 9.17) is 19.9 Å². The number of rotatable bonds is 8. The van der Waals surface area contributed by atoms with Gasteiger partial charge >= 0.3 is 0 Å². The highest BCUT2D eigenvalue weighted by molar-refractivity contribution is 7.26. The summed E-state index contributed by atoms with van der Waals surface area (Å²) in [6, 6.07) is 81.6. The topological polar surface area (TPSA) is 51.6 Å². The van der Waals surface area contributed by atoms with Crippen molar-refractivity contribution < 1.29 is 0 Å². The fourth-order valence-corrected chi connectivity index (χ4v) is 11.8. The van der Waals surface area contributed by atoms with Crippen LogP contribution in [0.3, 0.4) is 0 Å². The van der Waals surface area contributed by atoms with E-state index in [1.54, 1.807) is 22.7 Å². The second-order valence-electron chi connectivity index (χ2n) is 16.9. The van der Waals surface area contributed by atoms with E-state index in [-0.39, 0.29) is 0 Å². The molecule has 0 aliphatic carbocycles. The standard InChI is InChI=1S/C62H38N4S2/c1-3-19-39(20-4-1)41-23-17-25-43(37-41)59-63-57(55-51-33-13-15-35-53(51)67-61(55)65-59)49-31-11-9-29-47(49)45-27-7-8-28-46(45)48-30-10-12-32-50(48)58-56-52-34-14-16-36-54(52)68-62(56)66-60(64-58)44-26-18-24-42(38-44)40-21-5-2-6-22-40/h1-38H. The van der Waals surface area contributed by atoms with Gasteiger partial charge in [0.15, 0.2) is 11.6 Å². The fourth-order valence-electron chi connectivity index (χ4n) is 9.63. The lowest BCUT2D eigenvalue weighted by Gasteiger charge is -2.18. The Morgan fingerprint density at radius 2 is 0.574 bits per heavy atom. The van der Waals surface area contributed by atoms with Gasteiger partial charge in [-0.05, 0) is 68.8 Å². The first-order chi connectivity index (χ1) is 33.7. The van der Waals surface area contributed by atoms with Crippen LogP contribution in [-0.4, -0.2) is 19.9 Å². The number of benzene rings is 9. The van der Waals surface area contributed by atoms with Gasteiger partial charge in [0.25, 0.3) is 0 Å². The van der Waals surface area contributed by atoms with Gasteiger partial charge in [-0.3, -0.25) is 0 Å². The highest BCUT2D eigenvalue weighted by Gasteiger charge is 2.24. The number of fused-ring (bicyclic) bond motifs is 6. The van der Waals surface area contributed by atoms with Crippen LogP contribution in [0.25, 0.3) is 130 Å². The number of nitrogens with zero attached hydrogens (tertiary/aromatic N) is 4. The van der Waals surface area contributed by atoms with E-state index in [1.165, 1.54) is 9.40 Å².